The minimum Gasteiger partial charge on any atom is -0.452 e. The minimum atomic E-state index is -0.592. The monoisotopic (exact) mass is 303 g/mol. The van der Waals surface area contributed by atoms with E-state index in [1.54, 1.807) is 6.07 Å². The summed E-state index contributed by atoms with van der Waals surface area (Å²) < 4.78 is 9.92. The van der Waals surface area contributed by atoms with Crippen LogP contribution in [0, 0.1) is 0 Å². The standard InChI is InChI=1S/C15H17N3O4/c1-15(2,3)11-8-13(22-18-11)17-12(19)9-21-14(20)10-4-6-16-7-5-10/h4-8H,9H2,1-3H3,(H,17,19). The summed E-state index contributed by atoms with van der Waals surface area (Å²) in [5.74, 6) is -0.876. The van der Waals surface area contributed by atoms with Crippen LogP contribution < -0.4 is 5.32 Å². The van der Waals surface area contributed by atoms with Gasteiger partial charge in [-0.05, 0) is 12.1 Å². The highest BCUT2D eigenvalue weighted by Crippen LogP contribution is 2.23. The van der Waals surface area contributed by atoms with E-state index in [1.807, 2.05) is 20.8 Å². The summed E-state index contributed by atoms with van der Waals surface area (Å²) >= 11 is 0. The quantitative estimate of drug-likeness (QED) is 0.870. The molecule has 0 aliphatic heterocycles. The van der Waals surface area contributed by atoms with Crippen molar-refractivity contribution in [2.24, 2.45) is 0 Å². The number of nitrogens with one attached hydrogen (secondary N) is 1. The van der Waals surface area contributed by atoms with E-state index >= 15 is 0 Å². The van der Waals surface area contributed by atoms with Gasteiger partial charge in [0.05, 0.1) is 11.3 Å². The summed E-state index contributed by atoms with van der Waals surface area (Å²) in [6.07, 6.45) is 2.94. The molecule has 0 aliphatic carbocycles. The van der Waals surface area contributed by atoms with Gasteiger partial charge in [-0.15, -0.1) is 0 Å². The summed E-state index contributed by atoms with van der Waals surface area (Å²) in [5.41, 5.74) is 0.870. The Kier molecular flexibility index (Phi) is 4.55. The minimum absolute atomic E-state index is 0.180. The van der Waals surface area contributed by atoms with Gasteiger partial charge in [-0.3, -0.25) is 15.1 Å². The van der Waals surface area contributed by atoms with Crippen LogP contribution in [-0.4, -0.2) is 28.6 Å². The van der Waals surface area contributed by atoms with Crippen molar-refractivity contribution in [3.05, 3.63) is 41.9 Å². The fraction of sp³-hybridized carbons (Fsp3) is 0.333. The van der Waals surface area contributed by atoms with E-state index in [4.69, 9.17) is 9.26 Å². The topological polar surface area (TPSA) is 94.3 Å². The second-order valence-corrected chi connectivity index (χ2v) is 5.69. The molecule has 0 spiro atoms. The molecule has 7 heteroatoms. The molecular weight excluding hydrogens is 286 g/mol. The maximum absolute atomic E-state index is 11.7. The van der Waals surface area contributed by atoms with Crippen molar-refractivity contribution in [2.75, 3.05) is 11.9 Å². The van der Waals surface area contributed by atoms with Crippen LogP contribution in [0.5, 0.6) is 0 Å². The summed E-state index contributed by atoms with van der Waals surface area (Å²) in [4.78, 5) is 27.2. The number of aromatic nitrogens is 2. The summed E-state index contributed by atoms with van der Waals surface area (Å²) in [5, 5.41) is 6.36. The third kappa shape index (κ3) is 4.15. The van der Waals surface area contributed by atoms with Crippen LogP contribution in [0.1, 0.15) is 36.8 Å². The molecule has 0 unspecified atom stereocenters. The van der Waals surface area contributed by atoms with Crippen LogP contribution >= 0.6 is 0 Å². The Bertz CT molecular complexity index is 659. The van der Waals surface area contributed by atoms with Crippen molar-refractivity contribution in [3.63, 3.8) is 0 Å². The van der Waals surface area contributed by atoms with Gasteiger partial charge in [0.2, 0.25) is 5.88 Å². The number of pyridine rings is 1. The van der Waals surface area contributed by atoms with Crippen LogP contribution in [0.4, 0.5) is 5.88 Å². The third-order valence-electron chi connectivity index (χ3n) is 2.79. The molecule has 0 fully saturated rings. The molecule has 1 amide bonds. The maximum Gasteiger partial charge on any atom is 0.338 e. The van der Waals surface area contributed by atoms with Gasteiger partial charge in [-0.1, -0.05) is 25.9 Å². The average Bonchev–Trinajstić information content (AvgIpc) is 2.94. The lowest BCUT2D eigenvalue weighted by Crippen LogP contribution is -2.20. The van der Waals surface area contributed by atoms with Crippen LogP contribution in [-0.2, 0) is 14.9 Å². The summed E-state index contributed by atoms with van der Waals surface area (Å²) in [6.45, 7) is 5.53. The van der Waals surface area contributed by atoms with Crippen molar-refractivity contribution in [1.82, 2.24) is 10.1 Å². The van der Waals surface area contributed by atoms with Crippen molar-refractivity contribution >= 4 is 17.8 Å². The first kappa shape index (κ1) is 15.7. The number of hydrogen-bond donors (Lipinski definition) is 1. The van der Waals surface area contributed by atoms with Gasteiger partial charge in [0.1, 0.15) is 0 Å². The first-order valence-electron chi connectivity index (χ1n) is 6.70. The third-order valence-corrected chi connectivity index (χ3v) is 2.79. The lowest BCUT2D eigenvalue weighted by atomic mass is 9.92. The number of esters is 1. The van der Waals surface area contributed by atoms with Crippen molar-refractivity contribution < 1.29 is 18.8 Å². The van der Waals surface area contributed by atoms with Crippen molar-refractivity contribution in [2.45, 2.75) is 26.2 Å². The molecular formula is C15H17N3O4. The maximum atomic E-state index is 11.7. The Morgan fingerprint density at radius 2 is 1.95 bits per heavy atom. The number of anilines is 1. The van der Waals surface area contributed by atoms with Gasteiger partial charge < -0.3 is 9.26 Å². The zero-order valence-electron chi connectivity index (χ0n) is 12.6. The molecule has 0 atom stereocenters. The number of carbonyl (C=O) groups excluding carboxylic acids is 2. The molecule has 2 aromatic rings. The van der Waals surface area contributed by atoms with Crippen molar-refractivity contribution in [1.29, 1.82) is 0 Å². The smallest absolute Gasteiger partial charge is 0.338 e. The molecule has 0 aromatic carbocycles. The Hall–Kier alpha value is -2.70. The summed E-state index contributed by atoms with van der Waals surface area (Å²) in [7, 11) is 0. The van der Waals surface area contributed by atoms with Gasteiger partial charge in [0.15, 0.2) is 6.61 Å². The van der Waals surface area contributed by atoms with Gasteiger partial charge in [0, 0.05) is 23.9 Å². The highest BCUT2D eigenvalue weighted by Gasteiger charge is 2.20. The number of nitrogens with zero attached hydrogens (tertiary/aromatic N) is 2. The largest absolute Gasteiger partial charge is 0.452 e. The number of amides is 1. The van der Waals surface area contributed by atoms with E-state index in [-0.39, 0.29) is 11.3 Å². The predicted molar refractivity (Wildman–Crippen MR) is 78.4 cm³/mol. The fourth-order valence-corrected chi connectivity index (χ4v) is 1.56. The average molecular weight is 303 g/mol. The molecule has 0 radical (unpaired) electrons. The van der Waals surface area contributed by atoms with E-state index in [0.29, 0.717) is 5.56 Å². The zero-order chi connectivity index (χ0) is 16.2. The van der Waals surface area contributed by atoms with Crippen LogP contribution in [0.15, 0.2) is 35.1 Å². The van der Waals surface area contributed by atoms with E-state index in [0.717, 1.165) is 5.69 Å². The fourth-order valence-electron chi connectivity index (χ4n) is 1.56. The predicted octanol–water partition coefficient (Wildman–Crippen LogP) is 2.16. The van der Waals surface area contributed by atoms with E-state index < -0.39 is 18.5 Å². The molecule has 0 saturated heterocycles. The zero-order valence-corrected chi connectivity index (χ0v) is 12.6. The first-order valence-corrected chi connectivity index (χ1v) is 6.70. The Balaban J connectivity index is 1.86. The molecule has 0 aliphatic rings. The van der Waals surface area contributed by atoms with Gasteiger partial charge in [-0.2, -0.15) is 0 Å². The number of rotatable bonds is 4. The molecule has 2 rings (SSSR count). The first-order chi connectivity index (χ1) is 10.4. The Morgan fingerprint density at radius 3 is 2.55 bits per heavy atom. The number of hydrogen-bond acceptors (Lipinski definition) is 6. The van der Waals surface area contributed by atoms with Crippen LogP contribution in [0.2, 0.25) is 0 Å². The molecule has 116 valence electrons. The Labute approximate surface area is 127 Å². The van der Waals surface area contributed by atoms with E-state index in [2.05, 4.69) is 15.5 Å². The Morgan fingerprint density at radius 1 is 1.27 bits per heavy atom. The molecule has 22 heavy (non-hydrogen) atoms. The molecule has 0 bridgehead atoms. The van der Waals surface area contributed by atoms with Crippen LogP contribution in [0.3, 0.4) is 0 Å². The number of carbonyl (C=O) groups is 2. The second kappa shape index (κ2) is 6.38. The van der Waals surface area contributed by atoms with E-state index in [9.17, 15) is 9.59 Å². The van der Waals surface area contributed by atoms with Gasteiger partial charge in [0.25, 0.3) is 5.91 Å². The lowest BCUT2D eigenvalue weighted by molar-refractivity contribution is -0.119. The van der Waals surface area contributed by atoms with E-state index in [1.165, 1.54) is 24.5 Å². The molecule has 0 saturated carbocycles. The highest BCUT2D eigenvalue weighted by atomic mass is 16.5. The second-order valence-electron chi connectivity index (χ2n) is 5.69. The summed E-state index contributed by atoms with van der Waals surface area (Å²) in [6, 6.07) is 4.65. The normalized spacial score (nSPS) is 11.0. The molecule has 1 N–H and O–H groups in total. The van der Waals surface area contributed by atoms with Gasteiger partial charge in [-0.25, -0.2) is 4.79 Å². The lowest BCUT2D eigenvalue weighted by Gasteiger charge is -2.12. The highest BCUT2D eigenvalue weighted by molar-refractivity contribution is 5.94. The van der Waals surface area contributed by atoms with Gasteiger partial charge >= 0.3 is 5.97 Å². The number of ether oxygens (including phenoxy) is 1. The molecule has 2 aromatic heterocycles. The SMILES string of the molecule is CC(C)(C)c1cc(NC(=O)COC(=O)c2ccncc2)on1. The van der Waals surface area contributed by atoms with Crippen molar-refractivity contribution in [3.8, 4) is 0 Å². The molecule has 7 nitrogen and oxygen atoms in total. The van der Waals surface area contributed by atoms with Crippen LogP contribution in [0.25, 0.3) is 0 Å². The molecule has 2 heterocycles.